The van der Waals surface area contributed by atoms with Crippen LogP contribution in [0.1, 0.15) is 55.6 Å². The van der Waals surface area contributed by atoms with Crippen LogP contribution in [0.15, 0.2) is 48.5 Å². The molecule has 8 nitrogen and oxygen atoms in total. The molecule has 0 aromatic heterocycles. The highest BCUT2D eigenvalue weighted by atomic mass is 16.5. The Bertz CT molecular complexity index is 1040. The van der Waals surface area contributed by atoms with E-state index in [0.29, 0.717) is 32.3 Å². The number of aliphatic carboxylic acids is 1. The van der Waals surface area contributed by atoms with Gasteiger partial charge in [0.05, 0.1) is 12.0 Å². The first-order valence-corrected chi connectivity index (χ1v) is 12.1. The Morgan fingerprint density at radius 1 is 1.06 bits per heavy atom. The predicted molar refractivity (Wildman–Crippen MR) is 130 cm³/mol. The number of methoxy groups -OCH3 is 1. The summed E-state index contributed by atoms with van der Waals surface area (Å²) in [5, 5.41) is 14.8. The van der Waals surface area contributed by atoms with E-state index in [-0.39, 0.29) is 18.9 Å². The van der Waals surface area contributed by atoms with Crippen LogP contribution in [0, 0.1) is 0 Å². The lowest BCUT2D eigenvalue weighted by molar-refractivity contribution is -0.140. The van der Waals surface area contributed by atoms with Gasteiger partial charge in [-0.15, -0.1) is 0 Å². The number of amides is 2. The summed E-state index contributed by atoms with van der Waals surface area (Å²) >= 11 is 0. The Hall–Kier alpha value is -3.39. The molecule has 0 heterocycles. The summed E-state index contributed by atoms with van der Waals surface area (Å²) in [5.74, 6) is -1.43. The van der Waals surface area contributed by atoms with Gasteiger partial charge in [-0.05, 0) is 54.4 Å². The first kappa shape index (κ1) is 24.7. The van der Waals surface area contributed by atoms with Crippen molar-refractivity contribution in [1.82, 2.24) is 10.6 Å². The van der Waals surface area contributed by atoms with Crippen LogP contribution in [0.25, 0.3) is 11.1 Å². The van der Waals surface area contributed by atoms with E-state index >= 15 is 0 Å². The summed E-state index contributed by atoms with van der Waals surface area (Å²) in [7, 11) is 1.57. The van der Waals surface area contributed by atoms with E-state index in [1.54, 1.807) is 7.11 Å². The summed E-state index contributed by atoms with van der Waals surface area (Å²) in [6.45, 7) is 0.589. The smallest absolute Gasteiger partial charge is 0.407 e. The van der Waals surface area contributed by atoms with Gasteiger partial charge in [-0.2, -0.15) is 0 Å². The number of nitrogens with one attached hydrogen (secondary N) is 2. The number of rotatable bonds is 11. The molecule has 1 atom stereocenters. The number of hydrogen-bond donors (Lipinski definition) is 3. The average molecular weight is 481 g/mol. The number of alkyl carbamates (subject to hydrolysis) is 1. The van der Waals surface area contributed by atoms with Gasteiger partial charge >= 0.3 is 12.1 Å². The molecular formula is C27H32N2O6. The van der Waals surface area contributed by atoms with Crippen molar-refractivity contribution in [2.24, 2.45) is 0 Å². The minimum absolute atomic E-state index is 0.0808. The molecule has 2 aliphatic carbocycles. The maximum absolute atomic E-state index is 13.0. The van der Waals surface area contributed by atoms with Crippen LogP contribution in [0.4, 0.5) is 4.79 Å². The molecule has 2 aliphatic rings. The lowest BCUT2D eigenvalue weighted by Gasteiger charge is -2.42. The molecular weight excluding hydrogens is 448 g/mol. The number of carbonyl (C=O) groups is 3. The van der Waals surface area contributed by atoms with Gasteiger partial charge in [0.2, 0.25) is 5.91 Å². The molecule has 4 rings (SSSR count). The number of carbonyl (C=O) groups excluding carboxylic acids is 2. The molecule has 2 aromatic rings. The Labute approximate surface area is 205 Å². The third kappa shape index (κ3) is 5.65. The van der Waals surface area contributed by atoms with Crippen LogP contribution in [0.2, 0.25) is 0 Å². The summed E-state index contributed by atoms with van der Waals surface area (Å²) in [5.41, 5.74) is 3.75. The van der Waals surface area contributed by atoms with Crippen molar-refractivity contribution in [1.29, 1.82) is 0 Å². The molecule has 0 saturated heterocycles. The van der Waals surface area contributed by atoms with Crippen LogP contribution in [-0.2, 0) is 19.1 Å². The second-order valence-corrected chi connectivity index (χ2v) is 9.35. The van der Waals surface area contributed by atoms with Gasteiger partial charge in [-0.1, -0.05) is 48.5 Å². The molecule has 35 heavy (non-hydrogen) atoms. The number of fused-ring (bicyclic) bond motifs is 3. The number of carboxylic acids is 1. The molecule has 2 aromatic carbocycles. The summed E-state index contributed by atoms with van der Waals surface area (Å²) in [4.78, 5) is 37.1. The minimum atomic E-state index is -0.953. The summed E-state index contributed by atoms with van der Waals surface area (Å²) < 4.78 is 10.7. The van der Waals surface area contributed by atoms with Crippen molar-refractivity contribution in [3.05, 3.63) is 59.7 Å². The monoisotopic (exact) mass is 480 g/mol. The van der Waals surface area contributed by atoms with Crippen molar-refractivity contribution in [3.8, 4) is 11.1 Å². The van der Waals surface area contributed by atoms with Gasteiger partial charge in [0, 0.05) is 19.6 Å². The zero-order chi connectivity index (χ0) is 24.8. The third-order valence-corrected chi connectivity index (χ3v) is 6.98. The first-order chi connectivity index (χ1) is 16.9. The van der Waals surface area contributed by atoms with E-state index in [1.165, 1.54) is 0 Å². The van der Waals surface area contributed by atoms with Crippen molar-refractivity contribution in [2.75, 3.05) is 20.3 Å². The van der Waals surface area contributed by atoms with Crippen molar-refractivity contribution >= 4 is 18.0 Å². The maximum Gasteiger partial charge on any atom is 0.407 e. The molecule has 0 radical (unpaired) electrons. The molecule has 1 unspecified atom stereocenters. The normalized spacial score (nSPS) is 16.4. The van der Waals surface area contributed by atoms with Gasteiger partial charge in [0.15, 0.2) is 0 Å². The van der Waals surface area contributed by atoms with Crippen LogP contribution < -0.4 is 10.6 Å². The van der Waals surface area contributed by atoms with E-state index < -0.39 is 29.6 Å². The molecule has 1 fully saturated rings. The first-order valence-electron chi connectivity index (χ1n) is 12.1. The van der Waals surface area contributed by atoms with Gasteiger partial charge in [-0.3, -0.25) is 9.59 Å². The second kappa shape index (κ2) is 10.9. The zero-order valence-electron chi connectivity index (χ0n) is 19.9. The fraction of sp³-hybridized carbons (Fsp3) is 0.444. The van der Waals surface area contributed by atoms with Crippen LogP contribution >= 0.6 is 0 Å². The van der Waals surface area contributed by atoms with E-state index in [0.717, 1.165) is 28.7 Å². The molecule has 186 valence electrons. The second-order valence-electron chi connectivity index (χ2n) is 9.35. The fourth-order valence-corrected chi connectivity index (χ4v) is 5.07. The number of carboxylic acid groups (broad SMARTS) is 1. The highest BCUT2D eigenvalue weighted by Gasteiger charge is 2.41. The fourth-order valence-electron chi connectivity index (χ4n) is 5.07. The average Bonchev–Trinajstić information content (AvgIpc) is 3.14. The topological polar surface area (TPSA) is 114 Å². The number of hydrogen-bond acceptors (Lipinski definition) is 5. The van der Waals surface area contributed by atoms with E-state index in [9.17, 15) is 19.5 Å². The lowest BCUT2D eigenvalue weighted by Crippen LogP contribution is -2.59. The molecule has 0 bridgehead atoms. The van der Waals surface area contributed by atoms with Crippen molar-refractivity contribution in [3.63, 3.8) is 0 Å². The molecule has 0 spiro atoms. The van der Waals surface area contributed by atoms with Gasteiger partial charge in [0.1, 0.15) is 12.6 Å². The minimum Gasteiger partial charge on any atom is -0.481 e. The Morgan fingerprint density at radius 3 is 2.23 bits per heavy atom. The van der Waals surface area contributed by atoms with E-state index in [1.807, 2.05) is 36.4 Å². The number of benzene rings is 2. The largest absolute Gasteiger partial charge is 0.481 e. The SMILES string of the molecule is COCCCC(NC(=O)OCC1c2ccccc2-c2ccccc21)C(=O)NC1(CC(=O)O)CCC1. The zero-order valence-corrected chi connectivity index (χ0v) is 19.9. The van der Waals surface area contributed by atoms with Gasteiger partial charge in [-0.25, -0.2) is 4.79 Å². The molecule has 8 heteroatoms. The third-order valence-electron chi connectivity index (χ3n) is 6.98. The highest BCUT2D eigenvalue weighted by molar-refractivity contribution is 5.87. The Morgan fingerprint density at radius 2 is 1.69 bits per heavy atom. The highest BCUT2D eigenvalue weighted by Crippen LogP contribution is 2.44. The van der Waals surface area contributed by atoms with E-state index in [4.69, 9.17) is 9.47 Å². The summed E-state index contributed by atoms with van der Waals surface area (Å²) in [6.07, 6.45) is 2.19. The lowest BCUT2D eigenvalue weighted by atomic mass is 9.74. The van der Waals surface area contributed by atoms with Crippen LogP contribution in [-0.4, -0.2) is 55.0 Å². The molecule has 0 aliphatic heterocycles. The van der Waals surface area contributed by atoms with Crippen LogP contribution in [0.3, 0.4) is 0 Å². The van der Waals surface area contributed by atoms with Gasteiger partial charge < -0.3 is 25.2 Å². The molecule has 1 saturated carbocycles. The van der Waals surface area contributed by atoms with Crippen molar-refractivity contribution < 1.29 is 29.0 Å². The molecule has 3 N–H and O–H groups in total. The van der Waals surface area contributed by atoms with Gasteiger partial charge in [0.25, 0.3) is 0 Å². The predicted octanol–water partition coefficient (Wildman–Crippen LogP) is 3.83. The molecule has 2 amide bonds. The van der Waals surface area contributed by atoms with Crippen molar-refractivity contribution in [2.45, 2.75) is 56.0 Å². The quantitative estimate of drug-likeness (QED) is 0.421. The van der Waals surface area contributed by atoms with E-state index in [2.05, 4.69) is 22.8 Å². The number of ether oxygens (including phenoxy) is 2. The summed E-state index contributed by atoms with van der Waals surface area (Å²) in [6, 6.07) is 15.3. The van der Waals surface area contributed by atoms with Crippen LogP contribution in [0.5, 0.6) is 0 Å². The standard InChI is InChI=1S/C27H32N2O6/c1-34-15-6-12-23(25(32)29-27(13-7-14-27)16-24(30)31)28-26(33)35-17-22-20-10-4-2-8-18(20)19-9-3-5-11-21(19)22/h2-5,8-11,22-23H,6-7,12-17H2,1H3,(H,28,33)(H,29,32)(H,30,31). The Balaban J connectivity index is 1.40. The Kier molecular flexibility index (Phi) is 7.70. The maximum atomic E-state index is 13.0.